The Bertz CT molecular complexity index is 1650. The molecule has 0 unspecified atom stereocenters. The van der Waals surface area contributed by atoms with Crippen molar-refractivity contribution in [3.63, 3.8) is 0 Å². The third-order valence-corrected chi connectivity index (χ3v) is 7.19. The van der Waals surface area contributed by atoms with Crippen LogP contribution in [0.5, 0.6) is 5.75 Å². The molecule has 0 fully saturated rings. The van der Waals surface area contributed by atoms with Gasteiger partial charge in [0.15, 0.2) is 0 Å². The number of para-hydroxylation sites is 2. The van der Waals surface area contributed by atoms with Crippen LogP contribution >= 0.6 is 11.8 Å². The number of hydrogen-bond acceptors (Lipinski definition) is 5. The van der Waals surface area contributed by atoms with Crippen LogP contribution < -0.4 is 11.2 Å². The molecule has 1 atom stereocenters. The highest BCUT2D eigenvalue weighted by molar-refractivity contribution is 7.98. The van der Waals surface area contributed by atoms with Crippen LogP contribution in [0.15, 0.2) is 97.8 Å². The molecule has 6 nitrogen and oxygen atoms in total. The Labute approximate surface area is 206 Å². The van der Waals surface area contributed by atoms with Crippen LogP contribution in [0.25, 0.3) is 16.7 Å². The van der Waals surface area contributed by atoms with Crippen molar-refractivity contribution in [3.05, 3.63) is 122 Å². The van der Waals surface area contributed by atoms with E-state index in [1.165, 1.54) is 0 Å². The second kappa shape index (κ2) is 9.00. The third kappa shape index (κ3) is 3.78. The molecule has 0 radical (unpaired) electrons. The van der Waals surface area contributed by atoms with Crippen molar-refractivity contribution in [3.8, 4) is 11.4 Å². The normalized spacial score (nSPS) is 12.2. The predicted octanol–water partition coefficient (Wildman–Crippen LogP) is 5.20. The molecular weight excluding hydrogens is 460 g/mol. The van der Waals surface area contributed by atoms with E-state index in [4.69, 9.17) is 4.42 Å². The summed E-state index contributed by atoms with van der Waals surface area (Å²) < 4.78 is 8.96. The number of benzene rings is 3. The first-order chi connectivity index (χ1) is 16.9. The summed E-state index contributed by atoms with van der Waals surface area (Å²) in [6, 6.07) is 23.9. The Morgan fingerprint density at radius 2 is 1.54 bits per heavy atom. The molecule has 0 aliphatic rings. The molecule has 5 rings (SSSR count). The highest BCUT2D eigenvalue weighted by Gasteiger charge is 2.32. The average Bonchev–Trinajstić information content (AvgIpc) is 3.10. The Kier molecular flexibility index (Phi) is 5.86. The maximum Gasteiger partial charge on any atom is 0.344 e. The Morgan fingerprint density at radius 3 is 2.23 bits per heavy atom. The quantitative estimate of drug-likeness (QED) is 0.274. The lowest BCUT2D eigenvalue weighted by Gasteiger charge is -2.18. The summed E-state index contributed by atoms with van der Waals surface area (Å²) in [5.74, 6) is -1.000. The van der Waals surface area contributed by atoms with Gasteiger partial charge in [-0.25, -0.2) is 9.48 Å². The van der Waals surface area contributed by atoms with Crippen molar-refractivity contribution >= 4 is 22.7 Å². The largest absolute Gasteiger partial charge is 0.507 e. The van der Waals surface area contributed by atoms with E-state index < -0.39 is 11.5 Å². The third-order valence-electron chi connectivity index (χ3n) is 6.45. The lowest BCUT2D eigenvalue weighted by molar-refractivity contribution is 0.455. The Hall–Kier alpha value is -3.97. The summed E-state index contributed by atoms with van der Waals surface area (Å²) >= 11 is 1.60. The van der Waals surface area contributed by atoms with Crippen LogP contribution in [0.2, 0.25) is 0 Å². The van der Waals surface area contributed by atoms with Crippen LogP contribution in [0.3, 0.4) is 0 Å². The lowest BCUT2D eigenvalue weighted by atomic mass is 9.85. The van der Waals surface area contributed by atoms with Crippen LogP contribution in [0, 0.1) is 6.92 Å². The summed E-state index contributed by atoms with van der Waals surface area (Å²) in [6.45, 7) is 1.85. The van der Waals surface area contributed by atoms with Gasteiger partial charge >= 0.3 is 5.63 Å². The van der Waals surface area contributed by atoms with Gasteiger partial charge < -0.3 is 9.52 Å². The fourth-order valence-electron chi connectivity index (χ4n) is 4.60. The molecule has 0 spiro atoms. The second-order valence-electron chi connectivity index (χ2n) is 8.33. The molecule has 5 aromatic rings. The molecule has 0 amide bonds. The molecular formula is C28H24N2O4S. The van der Waals surface area contributed by atoms with Gasteiger partial charge in [-0.1, -0.05) is 42.5 Å². The molecule has 176 valence electrons. The highest BCUT2D eigenvalue weighted by atomic mass is 32.2. The van der Waals surface area contributed by atoms with Crippen molar-refractivity contribution in [2.45, 2.75) is 17.7 Å². The van der Waals surface area contributed by atoms with Gasteiger partial charge in [-0.3, -0.25) is 9.48 Å². The van der Waals surface area contributed by atoms with E-state index in [9.17, 15) is 14.7 Å². The average molecular weight is 485 g/mol. The predicted molar refractivity (Wildman–Crippen MR) is 139 cm³/mol. The van der Waals surface area contributed by atoms with Crippen LogP contribution in [-0.4, -0.2) is 20.7 Å². The van der Waals surface area contributed by atoms with E-state index in [2.05, 4.69) is 0 Å². The first-order valence-electron chi connectivity index (χ1n) is 11.1. The number of hydrogen-bond donors (Lipinski definition) is 1. The fraction of sp³-hybridized carbons (Fsp3) is 0.143. The van der Waals surface area contributed by atoms with Crippen LogP contribution in [0.1, 0.15) is 28.3 Å². The molecule has 0 saturated heterocycles. The van der Waals surface area contributed by atoms with Gasteiger partial charge in [-0.05, 0) is 55.1 Å². The van der Waals surface area contributed by atoms with Gasteiger partial charge in [0.05, 0.1) is 28.1 Å². The maximum atomic E-state index is 13.9. The van der Waals surface area contributed by atoms with Crippen molar-refractivity contribution in [1.29, 1.82) is 0 Å². The highest BCUT2D eigenvalue weighted by Crippen LogP contribution is 2.39. The van der Waals surface area contributed by atoms with Gasteiger partial charge in [0.1, 0.15) is 11.3 Å². The minimum Gasteiger partial charge on any atom is -0.507 e. The molecule has 35 heavy (non-hydrogen) atoms. The fourth-order valence-corrected chi connectivity index (χ4v) is 5.01. The van der Waals surface area contributed by atoms with Crippen molar-refractivity contribution < 1.29 is 9.52 Å². The standard InChI is InChI=1S/C28H24N2O4S/c1-17-23(27(32)30(29(17)2)19-9-5-4-6-10-19)24(18-13-15-20(35-3)16-14-18)25-26(31)21-11-7-8-12-22(21)34-28(25)33/h4-16,24,31H,1-3H3/t24-/m0/s1. The zero-order chi connectivity index (χ0) is 24.7. The molecule has 0 aliphatic carbocycles. The smallest absolute Gasteiger partial charge is 0.344 e. The van der Waals surface area contributed by atoms with Gasteiger partial charge in [0.25, 0.3) is 5.56 Å². The van der Waals surface area contributed by atoms with Gasteiger partial charge in [-0.15, -0.1) is 11.8 Å². The zero-order valence-electron chi connectivity index (χ0n) is 19.6. The van der Waals surface area contributed by atoms with Crippen LogP contribution in [-0.2, 0) is 7.05 Å². The number of rotatable bonds is 5. The number of fused-ring (bicyclic) bond motifs is 1. The van der Waals surface area contributed by atoms with Crippen molar-refractivity contribution in [2.75, 3.05) is 6.26 Å². The number of aromatic nitrogens is 2. The number of nitrogens with zero attached hydrogens (tertiary/aromatic N) is 2. The first kappa shape index (κ1) is 22.8. The molecule has 3 aromatic carbocycles. The van der Waals surface area contributed by atoms with E-state index in [1.54, 1.807) is 45.4 Å². The van der Waals surface area contributed by atoms with E-state index in [-0.39, 0.29) is 16.9 Å². The molecule has 2 heterocycles. The summed E-state index contributed by atoms with van der Waals surface area (Å²) in [5, 5.41) is 11.7. The van der Waals surface area contributed by atoms with Gasteiger partial charge in [-0.2, -0.15) is 0 Å². The van der Waals surface area contributed by atoms with Gasteiger partial charge in [0, 0.05) is 17.6 Å². The zero-order valence-corrected chi connectivity index (χ0v) is 20.4. The van der Waals surface area contributed by atoms with Crippen molar-refractivity contribution in [1.82, 2.24) is 9.36 Å². The van der Waals surface area contributed by atoms with Crippen molar-refractivity contribution in [2.24, 2.45) is 7.05 Å². The molecule has 0 aliphatic heterocycles. The molecule has 7 heteroatoms. The minimum atomic E-state index is -0.824. The van der Waals surface area contributed by atoms with E-state index in [0.29, 0.717) is 33.5 Å². The monoisotopic (exact) mass is 484 g/mol. The first-order valence-corrected chi connectivity index (χ1v) is 12.4. The topological polar surface area (TPSA) is 77.4 Å². The van der Waals surface area contributed by atoms with E-state index in [1.807, 2.05) is 74.8 Å². The Morgan fingerprint density at radius 1 is 0.886 bits per heavy atom. The summed E-state index contributed by atoms with van der Waals surface area (Å²) in [7, 11) is 1.81. The summed E-state index contributed by atoms with van der Waals surface area (Å²) in [6.07, 6.45) is 1.98. The molecule has 2 aromatic heterocycles. The minimum absolute atomic E-state index is 0.0478. The number of thioether (sulfide) groups is 1. The van der Waals surface area contributed by atoms with E-state index >= 15 is 0 Å². The summed E-state index contributed by atoms with van der Waals surface area (Å²) in [5.41, 5.74) is 1.92. The lowest BCUT2D eigenvalue weighted by Crippen LogP contribution is -2.24. The Balaban J connectivity index is 1.85. The SMILES string of the molecule is CSc1ccc([C@H](c2c(O)c3ccccc3oc2=O)c2c(C)n(C)n(-c3ccccc3)c2=O)cc1. The van der Waals surface area contributed by atoms with Gasteiger partial charge in [0.2, 0.25) is 0 Å². The van der Waals surface area contributed by atoms with E-state index in [0.717, 1.165) is 4.90 Å². The maximum absolute atomic E-state index is 13.9. The summed E-state index contributed by atoms with van der Waals surface area (Å²) in [4.78, 5) is 28.3. The van der Waals surface area contributed by atoms with Crippen LogP contribution in [0.4, 0.5) is 0 Å². The molecule has 0 saturated carbocycles. The number of aromatic hydroxyl groups is 1. The molecule has 0 bridgehead atoms. The second-order valence-corrected chi connectivity index (χ2v) is 9.21. The molecule has 1 N–H and O–H groups in total.